The Morgan fingerprint density at radius 3 is 2.36 bits per heavy atom. The highest BCUT2D eigenvalue weighted by atomic mass is 35.5. The number of halogens is 1. The Kier molecular flexibility index (Phi) is 4.11. The molecule has 0 atom stereocenters. The molecule has 0 amide bonds. The molecule has 0 aliphatic heterocycles. The molecule has 1 aromatic rings. The molecule has 0 fully saturated rings. The van der Waals surface area contributed by atoms with Crippen molar-refractivity contribution in [2.75, 3.05) is 0 Å². The maximum Gasteiger partial charge on any atom is 0.232 e. The predicted molar refractivity (Wildman–Crippen MR) is 41.9 cm³/mol. The molecule has 1 rings (SSSR count). The molecule has 0 saturated heterocycles. The van der Waals surface area contributed by atoms with Crippen LogP contribution in [0.4, 0.5) is 0 Å². The minimum absolute atomic E-state index is 0. The first-order chi connectivity index (χ1) is 4.86. The van der Waals surface area contributed by atoms with E-state index in [-0.39, 0.29) is 18.2 Å². The van der Waals surface area contributed by atoms with Crippen molar-refractivity contribution in [2.24, 2.45) is 5.73 Å². The van der Waals surface area contributed by atoms with Crippen LogP contribution in [-0.2, 0) is 6.54 Å². The molecule has 5 heteroatoms. The van der Waals surface area contributed by atoms with E-state index in [2.05, 4.69) is 9.97 Å². The third-order valence-electron chi connectivity index (χ3n) is 1.04. The fourth-order valence-corrected chi connectivity index (χ4v) is 0.518. The summed E-state index contributed by atoms with van der Waals surface area (Å²) in [5.41, 5.74) is 6.11. The average Bonchev–Trinajstić information content (AvgIpc) is 2.05. The molecule has 2 N–H and O–H groups in total. The Morgan fingerprint density at radius 2 is 2.00 bits per heavy atom. The van der Waals surface area contributed by atoms with Gasteiger partial charge in [0.05, 0.1) is 0 Å². The van der Waals surface area contributed by atoms with Gasteiger partial charge in [-0.1, -0.05) is 0 Å². The third-order valence-corrected chi connectivity index (χ3v) is 1.04. The summed E-state index contributed by atoms with van der Waals surface area (Å²) < 4.78 is 0. The van der Waals surface area contributed by atoms with Gasteiger partial charge in [0.2, 0.25) is 5.82 Å². The van der Waals surface area contributed by atoms with Crippen LogP contribution in [0, 0.1) is 11.3 Å². The molecule has 0 aliphatic rings. The van der Waals surface area contributed by atoms with Crippen LogP contribution in [-0.4, -0.2) is 9.97 Å². The van der Waals surface area contributed by atoms with E-state index in [9.17, 15) is 0 Å². The summed E-state index contributed by atoms with van der Waals surface area (Å²) in [5.74, 6) is 0.178. The van der Waals surface area contributed by atoms with Gasteiger partial charge in [-0.15, -0.1) is 12.4 Å². The summed E-state index contributed by atoms with van der Waals surface area (Å²) in [5, 5.41) is 8.29. The van der Waals surface area contributed by atoms with Gasteiger partial charge < -0.3 is 5.73 Å². The van der Waals surface area contributed by atoms with Gasteiger partial charge in [0.1, 0.15) is 6.07 Å². The van der Waals surface area contributed by atoms with E-state index in [0.29, 0.717) is 6.54 Å². The summed E-state index contributed by atoms with van der Waals surface area (Å²) in [6.07, 6.45) is 3.09. The molecule has 0 bridgehead atoms. The van der Waals surface area contributed by atoms with E-state index in [1.165, 1.54) is 0 Å². The van der Waals surface area contributed by atoms with E-state index in [1.807, 2.05) is 6.07 Å². The van der Waals surface area contributed by atoms with Crippen molar-refractivity contribution in [3.05, 3.63) is 23.8 Å². The molecule has 4 nitrogen and oxygen atoms in total. The first-order valence-electron chi connectivity index (χ1n) is 2.78. The fourth-order valence-electron chi connectivity index (χ4n) is 0.518. The Hall–Kier alpha value is -1.18. The zero-order chi connectivity index (χ0) is 7.40. The van der Waals surface area contributed by atoms with Gasteiger partial charge in [-0.05, 0) is 0 Å². The zero-order valence-corrected chi connectivity index (χ0v) is 6.51. The Balaban J connectivity index is 0.000001000. The molecule has 1 aromatic heterocycles. The number of rotatable bonds is 1. The molecular formula is C6H7ClN4. The van der Waals surface area contributed by atoms with E-state index in [1.54, 1.807) is 12.4 Å². The summed E-state index contributed by atoms with van der Waals surface area (Å²) >= 11 is 0. The molecule has 0 saturated carbocycles. The number of hydrogen-bond donors (Lipinski definition) is 1. The van der Waals surface area contributed by atoms with Gasteiger partial charge in [-0.3, -0.25) is 0 Å². The minimum Gasteiger partial charge on any atom is -0.326 e. The molecular weight excluding hydrogens is 164 g/mol. The lowest BCUT2D eigenvalue weighted by molar-refractivity contribution is 0.993. The van der Waals surface area contributed by atoms with Crippen LogP contribution in [0.15, 0.2) is 12.4 Å². The normalized spacial score (nSPS) is 8.00. The maximum atomic E-state index is 8.29. The summed E-state index contributed by atoms with van der Waals surface area (Å²) in [6, 6.07) is 1.82. The number of nitrogens with zero attached hydrogens (tertiary/aromatic N) is 3. The third kappa shape index (κ3) is 2.50. The van der Waals surface area contributed by atoms with Gasteiger partial charge in [0.15, 0.2) is 0 Å². The van der Waals surface area contributed by atoms with Crippen LogP contribution >= 0.6 is 12.4 Å². The monoisotopic (exact) mass is 170 g/mol. The highest BCUT2D eigenvalue weighted by molar-refractivity contribution is 5.85. The van der Waals surface area contributed by atoms with E-state index in [0.717, 1.165) is 5.56 Å². The van der Waals surface area contributed by atoms with Crippen molar-refractivity contribution in [2.45, 2.75) is 6.54 Å². The largest absolute Gasteiger partial charge is 0.326 e. The van der Waals surface area contributed by atoms with Crippen LogP contribution in [0.3, 0.4) is 0 Å². The molecule has 1 heterocycles. The first kappa shape index (κ1) is 9.82. The summed E-state index contributed by atoms with van der Waals surface area (Å²) in [6.45, 7) is 0.408. The SMILES string of the molecule is Cl.N#Cc1ncc(CN)cn1. The van der Waals surface area contributed by atoms with E-state index in [4.69, 9.17) is 11.0 Å². The Morgan fingerprint density at radius 1 is 1.45 bits per heavy atom. The van der Waals surface area contributed by atoms with Crippen molar-refractivity contribution in [3.8, 4) is 6.07 Å². The smallest absolute Gasteiger partial charge is 0.232 e. The van der Waals surface area contributed by atoms with Crippen LogP contribution < -0.4 is 5.73 Å². The lowest BCUT2D eigenvalue weighted by Gasteiger charge is -1.91. The van der Waals surface area contributed by atoms with E-state index < -0.39 is 0 Å². The van der Waals surface area contributed by atoms with Crippen molar-refractivity contribution < 1.29 is 0 Å². The average molecular weight is 171 g/mol. The Bertz CT molecular complexity index is 250. The number of nitriles is 1. The van der Waals surface area contributed by atoms with Crippen LogP contribution in [0.1, 0.15) is 11.4 Å². The van der Waals surface area contributed by atoms with Gasteiger partial charge in [-0.2, -0.15) is 5.26 Å². The number of hydrogen-bond acceptors (Lipinski definition) is 4. The highest BCUT2D eigenvalue weighted by Crippen LogP contribution is 1.91. The van der Waals surface area contributed by atoms with Gasteiger partial charge in [0, 0.05) is 24.5 Å². The molecule has 0 aromatic carbocycles. The molecule has 0 radical (unpaired) electrons. The zero-order valence-electron chi connectivity index (χ0n) is 5.69. The van der Waals surface area contributed by atoms with Gasteiger partial charge >= 0.3 is 0 Å². The van der Waals surface area contributed by atoms with Gasteiger partial charge in [0.25, 0.3) is 0 Å². The van der Waals surface area contributed by atoms with Crippen molar-refractivity contribution in [1.29, 1.82) is 5.26 Å². The van der Waals surface area contributed by atoms with Crippen molar-refractivity contribution in [3.63, 3.8) is 0 Å². The lowest BCUT2D eigenvalue weighted by Crippen LogP contribution is -1.98. The second kappa shape index (κ2) is 4.61. The molecule has 0 spiro atoms. The first-order valence-corrected chi connectivity index (χ1v) is 2.78. The van der Waals surface area contributed by atoms with Crippen molar-refractivity contribution >= 4 is 12.4 Å². The quantitative estimate of drug-likeness (QED) is 0.655. The van der Waals surface area contributed by atoms with Crippen LogP contribution in [0.25, 0.3) is 0 Å². The van der Waals surface area contributed by atoms with Crippen LogP contribution in [0.5, 0.6) is 0 Å². The molecule has 11 heavy (non-hydrogen) atoms. The lowest BCUT2D eigenvalue weighted by atomic mass is 10.3. The molecule has 0 aliphatic carbocycles. The van der Waals surface area contributed by atoms with Crippen molar-refractivity contribution in [1.82, 2.24) is 9.97 Å². The second-order valence-corrected chi connectivity index (χ2v) is 1.73. The summed E-state index contributed by atoms with van der Waals surface area (Å²) in [4.78, 5) is 7.43. The minimum atomic E-state index is 0. The van der Waals surface area contributed by atoms with Crippen LogP contribution in [0.2, 0.25) is 0 Å². The maximum absolute atomic E-state index is 8.29. The van der Waals surface area contributed by atoms with E-state index >= 15 is 0 Å². The topological polar surface area (TPSA) is 75.6 Å². The number of nitrogens with two attached hydrogens (primary N) is 1. The van der Waals surface area contributed by atoms with Gasteiger partial charge in [-0.25, -0.2) is 9.97 Å². The molecule has 0 unspecified atom stereocenters. The Labute approximate surface area is 70.5 Å². The predicted octanol–water partition coefficient (Wildman–Crippen LogP) is 0.229. The number of aromatic nitrogens is 2. The summed E-state index contributed by atoms with van der Waals surface area (Å²) in [7, 11) is 0. The second-order valence-electron chi connectivity index (χ2n) is 1.73. The molecule has 58 valence electrons. The standard InChI is InChI=1S/C6H6N4.ClH/c7-1-5-3-9-6(2-8)10-4-5;/h3-4H,1,7H2;1H. The highest BCUT2D eigenvalue weighted by Gasteiger charge is 1.91. The fraction of sp³-hybridized carbons (Fsp3) is 0.167.